The molecule has 0 aliphatic carbocycles. The number of nitrogens with one attached hydrogen (secondary N) is 1. The van der Waals surface area contributed by atoms with E-state index in [1.54, 1.807) is 13.1 Å². The third-order valence-electron chi connectivity index (χ3n) is 3.12. The Kier molecular flexibility index (Phi) is 5.44. The number of hydrogen-bond donors (Lipinski definition) is 1. The van der Waals surface area contributed by atoms with Crippen molar-refractivity contribution >= 4 is 0 Å². The molecule has 1 rings (SSSR count). The lowest BCUT2D eigenvalue weighted by Gasteiger charge is -2.37. The van der Waals surface area contributed by atoms with E-state index >= 15 is 0 Å². The zero-order valence-corrected chi connectivity index (χ0v) is 12.3. The molecular weight excluding hydrogens is 248 g/mol. The minimum Gasteiger partial charge on any atom is -0.376 e. The minimum atomic E-state index is -0.832. The molecule has 2 atom stereocenters. The van der Waals surface area contributed by atoms with Crippen LogP contribution in [-0.2, 0) is 4.74 Å². The maximum atomic E-state index is 13.4. The molecule has 0 saturated carbocycles. The summed E-state index contributed by atoms with van der Waals surface area (Å²) in [5, 5.41) is 3.14. The third kappa shape index (κ3) is 3.98. The first-order valence-corrected chi connectivity index (χ1v) is 6.55. The van der Waals surface area contributed by atoms with Crippen molar-refractivity contribution in [1.82, 2.24) is 5.32 Å². The van der Waals surface area contributed by atoms with Gasteiger partial charge >= 0.3 is 0 Å². The van der Waals surface area contributed by atoms with Gasteiger partial charge in [-0.05, 0) is 37.1 Å². The van der Waals surface area contributed by atoms with Crippen molar-refractivity contribution in [3.05, 3.63) is 35.4 Å². The molecule has 19 heavy (non-hydrogen) atoms. The third-order valence-corrected chi connectivity index (χ3v) is 3.12. The quantitative estimate of drug-likeness (QED) is 0.882. The Balaban J connectivity index is 3.12. The van der Waals surface area contributed by atoms with Crippen LogP contribution in [-0.4, -0.2) is 19.8 Å². The average Bonchev–Trinajstić information content (AvgIpc) is 2.32. The highest BCUT2D eigenvalue weighted by Gasteiger charge is 2.33. The molecule has 0 spiro atoms. The van der Waals surface area contributed by atoms with Crippen molar-refractivity contribution in [2.45, 2.75) is 39.8 Å². The first kappa shape index (κ1) is 16.1. The van der Waals surface area contributed by atoms with Gasteiger partial charge in [0.15, 0.2) is 11.6 Å². The number of halogens is 2. The van der Waals surface area contributed by atoms with Crippen LogP contribution in [0.2, 0.25) is 0 Å². The average molecular weight is 271 g/mol. The predicted molar refractivity (Wildman–Crippen MR) is 73.0 cm³/mol. The van der Waals surface area contributed by atoms with Crippen molar-refractivity contribution < 1.29 is 13.5 Å². The number of likely N-dealkylation sites (N-methyl/N-ethyl adjacent to an activating group) is 1. The highest BCUT2D eigenvalue weighted by molar-refractivity contribution is 5.23. The number of hydrogen-bond acceptors (Lipinski definition) is 2. The lowest BCUT2D eigenvalue weighted by Crippen LogP contribution is -2.41. The van der Waals surface area contributed by atoms with E-state index in [0.717, 1.165) is 6.07 Å². The van der Waals surface area contributed by atoms with Crippen LogP contribution in [0.3, 0.4) is 0 Å². The Hall–Kier alpha value is -1.00. The Morgan fingerprint density at radius 1 is 1.21 bits per heavy atom. The molecule has 0 heterocycles. The highest BCUT2D eigenvalue weighted by atomic mass is 19.2. The number of ether oxygens (including phenoxy) is 1. The molecule has 1 aromatic rings. The van der Waals surface area contributed by atoms with Gasteiger partial charge < -0.3 is 10.1 Å². The summed E-state index contributed by atoms with van der Waals surface area (Å²) in [6, 6.07) is 3.79. The van der Waals surface area contributed by atoms with Gasteiger partial charge in [0.05, 0.1) is 12.1 Å². The van der Waals surface area contributed by atoms with E-state index in [0.29, 0.717) is 12.2 Å². The van der Waals surface area contributed by atoms with Crippen LogP contribution in [0.5, 0.6) is 0 Å². The standard InChI is InChI=1S/C15H23F2NO/c1-6-19-14(15(2,3)4)13(18-5)10-7-8-11(16)12(17)9-10/h7-9,13-14,18H,6H2,1-5H3. The zero-order chi connectivity index (χ0) is 14.6. The van der Waals surface area contributed by atoms with E-state index in [4.69, 9.17) is 4.74 Å². The van der Waals surface area contributed by atoms with Gasteiger partial charge in [-0.3, -0.25) is 0 Å². The second-order valence-electron chi connectivity index (χ2n) is 5.68. The summed E-state index contributed by atoms with van der Waals surface area (Å²) in [4.78, 5) is 0. The molecular formula is C15H23F2NO. The molecule has 0 aliphatic rings. The summed E-state index contributed by atoms with van der Waals surface area (Å²) >= 11 is 0. The molecule has 0 saturated heterocycles. The lowest BCUT2D eigenvalue weighted by molar-refractivity contribution is -0.0351. The molecule has 0 aliphatic heterocycles. The van der Waals surface area contributed by atoms with Crippen molar-refractivity contribution in [2.24, 2.45) is 5.41 Å². The van der Waals surface area contributed by atoms with Gasteiger partial charge in [-0.25, -0.2) is 8.78 Å². The summed E-state index contributed by atoms with van der Waals surface area (Å²) in [7, 11) is 1.80. The molecule has 1 N–H and O–H groups in total. The first-order valence-electron chi connectivity index (χ1n) is 6.55. The number of rotatable bonds is 5. The van der Waals surface area contributed by atoms with Crippen LogP contribution in [0.1, 0.15) is 39.3 Å². The van der Waals surface area contributed by atoms with Gasteiger partial charge in [-0.1, -0.05) is 26.8 Å². The molecule has 108 valence electrons. The van der Waals surface area contributed by atoms with Crippen molar-refractivity contribution in [1.29, 1.82) is 0 Å². The van der Waals surface area contributed by atoms with Crippen molar-refractivity contribution in [3.63, 3.8) is 0 Å². The van der Waals surface area contributed by atoms with Crippen molar-refractivity contribution in [3.8, 4) is 0 Å². The Morgan fingerprint density at radius 2 is 1.84 bits per heavy atom. The van der Waals surface area contributed by atoms with E-state index in [1.807, 2.05) is 6.92 Å². The van der Waals surface area contributed by atoms with E-state index in [1.165, 1.54) is 6.07 Å². The Labute approximate surface area is 114 Å². The van der Waals surface area contributed by atoms with E-state index < -0.39 is 11.6 Å². The normalized spacial score (nSPS) is 15.3. The van der Waals surface area contributed by atoms with Gasteiger partial charge in [-0.15, -0.1) is 0 Å². The van der Waals surface area contributed by atoms with Gasteiger partial charge in [0.2, 0.25) is 0 Å². The predicted octanol–water partition coefficient (Wildman–Crippen LogP) is 3.68. The van der Waals surface area contributed by atoms with Crippen LogP contribution < -0.4 is 5.32 Å². The Morgan fingerprint density at radius 3 is 2.26 bits per heavy atom. The summed E-state index contributed by atoms with van der Waals surface area (Å²) in [5.74, 6) is -1.66. The van der Waals surface area contributed by atoms with Crippen LogP contribution in [0.4, 0.5) is 8.78 Å². The van der Waals surface area contributed by atoms with Crippen molar-refractivity contribution in [2.75, 3.05) is 13.7 Å². The van der Waals surface area contributed by atoms with Crippen LogP contribution >= 0.6 is 0 Å². The largest absolute Gasteiger partial charge is 0.376 e. The van der Waals surface area contributed by atoms with Crippen LogP contribution in [0.25, 0.3) is 0 Å². The van der Waals surface area contributed by atoms with Gasteiger partial charge in [0.1, 0.15) is 0 Å². The topological polar surface area (TPSA) is 21.3 Å². The van der Waals surface area contributed by atoms with Gasteiger partial charge in [0.25, 0.3) is 0 Å². The molecule has 2 unspecified atom stereocenters. The fourth-order valence-corrected chi connectivity index (χ4v) is 2.22. The molecule has 0 aromatic heterocycles. The highest BCUT2D eigenvalue weighted by Crippen LogP contribution is 2.33. The summed E-state index contributed by atoms with van der Waals surface area (Å²) in [6.07, 6.45) is -0.132. The molecule has 0 amide bonds. The van der Waals surface area contributed by atoms with Gasteiger partial charge in [0, 0.05) is 6.61 Å². The number of benzene rings is 1. The minimum absolute atomic E-state index is 0.117. The molecule has 0 bridgehead atoms. The second-order valence-corrected chi connectivity index (χ2v) is 5.68. The molecule has 0 fully saturated rings. The lowest BCUT2D eigenvalue weighted by atomic mass is 9.82. The van der Waals surface area contributed by atoms with Crippen LogP contribution in [0.15, 0.2) is 18.2 Å². The summed E-state index contributed by atoms with van der Waals surface area (Å²) in [5.41, 5.74) is 0.573. The van der Waals surface area contributed by atoms with E-state index in [-0.39, 0.29) is 17.6 Å². The monoisotopic (exact) mass is 271 g/mol. The fraction of sp³-hybridized carbons (Fsp3) is 0.600. The smallest absolute Gasteiger partial charge is 0.159 e. The fourth-order valence-electron chi connectivity index (χ4n) is 2.22. The zero-order valence-electron chi connectivity index (χ0n) is 12.3. The molecule has 4 heteroatoms. The Bertz CT molecular complexity index is 415. The summed E-state index contributed by atoms with van der Waals surface area (Å²) < 4.78 is 32.2. The van der Waals surface area contributed by atoms with E-state index in [2.05, 4.69) is 26.1 Å². The first-order chi connectivity index (χ1) is 8.81. The SMILES string of the molecule is CCOC(C(NC)c1ccc(F)c(F)c1)C(C)(C)C. The van der Waals surface area contributed by atoms with Gasteiger partial charge in [-0.2, -0.15) is 0 Å². The summed E-state index contributed by atoms with van der Waals surface area (Å²) in [6.45, 7) is 8.70. The second kappa shape index (κ2) is 6.44. The molecule has 0 radical (unpaired) electrons. The molecule has 1 aromatic carbocycles. The maximum Gasteiger partial charge on any atom is 0.159 e. The van der Waals surface area contributed by atoms with Crippen LogP contribution in [0, 0.1) is 17.0 Å². The van der Waals surface area contributed by atoms with E-state index in [9.17, 15) is 8.78 Å². The maximum absolute atomic E-state index is 13.4. The molecule has 2 nitrogen and oxygen atoms in total.